The van der Waals surface area contributed by atoms with Gasteiger partial charge in [0.05, 0.1) is 11.4 Å². The van der Waals surface area contributed by atoms with Crippen molar-refractivity contribution in [1.82, 2.24) is 4.90 Å². The molecule has 0 radical (unpaired) electrons. The van der Waals surface area contributed by atoms with E-state index in [0.717, 1.165) is 6.04 Å². The van der Waals surface area contributed by atoms with E-state index in [9.17, 15) is 0 Å². The third kappa shape index (κ3) is 2.51. The molecule has 2 aliphatic heterocycles. The summed E-state index contributed by atoms with van der Waals surface area (Å²) in [4.78, 5) is 7.57. The van der Waals surface area contributed by atoms with Crippen LogP contribution in [0.4, 0.5) is 11.4 Å². The van der Waals surface area contributed by atoms with E-state index in [1.165, 1.54) is 50.3 Å². The van der Waals surface area contributed by atoms with Gasteiger partial charge in [0, 0.05) is 39.3 Å². The molecule has 0 aromatic heterocycles. The van der Waals surface area contributed by atoms with Gasteiger partial charge in [0.1, 0.15) is 0 Å². The Hall–Kier alpha value is -1.22. The molecule has 2 saturated heterocycles. The van der Waals surface area contributed by atoms with E-state index in [2.05, 4.69) is 60.0 Å². The molecular weight excluding hydrogens is 246 g/mol. The number of nitrogens with zero attached hydrogens (tertiary/aromatic N) is 3. The molecule has 2 heterocycles. The second-order valence-corrected chi connectivity index (χ2v) is 6.53. The van der Waals surface area contributed by atoms with Crippen LogP contribution in [-0.2, 0) is 0 Å². The van der Waals surface area contributed by atoms with E-state index in [4.69, 9.17) is 0 Å². The van der Waals surface area contributed by atoms with Gasteiger partial charge >= 0.3 is 0 Å². The molecule has 0 spiro atoms. The van der Waals surface area contributed by atoms with Crippen LogP contribution in [0.5, 0.6) is 0 Å². The number of benzene rings is 1. The van der Waals surface area contributed by atoms with Crippen LogP contribution in [0.15, 0.2) is 24.3 Å². The van der Waals surface area contributed by atoms with Crippen LogP contribution in [0.1, 0.15) is 26.2 Å². The first kappa shape index (κ1) is 13.7. The van der Waals surface area contributed by atoms with Gasteiger partial charge < -0.3 is 9.80 Å². The number of fused-ring (bicyclic) bond motifs is 1. The van der Waals surface area contributed by atoms with Crippen molar-refractivity contribution in [2.24, 2.45) is 0 Å². The summed E-state index contributed by atoms with van der Waals surface area (Å²) in [6, 6.07) is 10.2. The van der Waals surface area contributed by atoms with E-state index in [1.54, 1.807) is 0 Å². The molecule has 0 aliphatic carbocycles. The van der Waals surface area contributed by atoms with Crippen molar-refractivity contribution in [1.29, 1.82) is 0 Å². The maximum Gasteiger partial charge on any atom is 0.0607 e. The molecule has 0 saturated carbocycles. The van der Waals surface area contributed by atoms with Gasteiger partial charge in [-0.2, -0.15) is 0 Å². The third-order valence-corrected chi connectivity index (χ3v) is 4.86. The highest BCUT2D eigenvalue weighted by atomic mass is 15.3. The van der Waals surface area contributed by atoms with E-state index in [0.29, 0.717) is 6.04 Å². The Balaban J connectivity index is 1.86. The SMILES string of the molecule is CC1CN2CCCCC2CN1c1ccccc1N(C)C. The summed E-state index contributed by atoms with van der Waals surface area (Å²) in [7, 11) is 4.28. The molecule has 2 atom stereocenters. The molecule has 3 heteroatoms. The van der Waals surface area contributed by atoms with E-state index >= 15 is 0 Å². The number of piperazine rings is 1. The highest BCUT2D eigenvalue weighted by Crippen LogP contribution is 2.33. The number of para-hydroxylation sites is 2. The minimum absolute atomic E-state index is 0.602. The van der Waals surface area contributed by atoms with E-state index < -0.39 is 0 Å². The number of anilines is 2. The fraction of sp³-hybridized carbons (Fsp3) is 0.647. The van der Waals surface area contributed by atoms with Crippen LogP contribution >= 0.6 is 0 Å². The number of piperidine rings is 1. The Morgan fingerprint density at radius 3 is 2.70 bits per heavy atom. The standard InChI is InChI=1S/C17H27N3/c1-14-12-19-11-7-6-8-15(19)13-20(14)17-10-5-4-9-16(17)18(2)3/h4-5,9-10,14-15H,6-8,11-13H2,1-3H3. The van der Waals surface area contributed by atoms with Gasteiger partial charge in [-0.25, -0.2) is 0 Å². The molecule has 0 N–H and O–H groups in total. The van der Waals surface area contributed by atoms with Crippen LogP contribution in [0.25, 0.3) is 0 Å². The van der Waals surface area contributed by atoms with Crippen LogP contribution in [0, 0.1) is 0 Å². The summed E-state index contributed by atoms with van der Waals surface area (Å²) in [6.07, 6.45) is 4.16. The summed E-state index contributed by atoms with van der Waals surface area (Å²) >= 11 is 0. The highest BCUT2D eigenvalue weighted by Gasteiger charge is 2.33. The van der Waals surface area contributed by atoms with Crippen molar-refractivity contribution in [3.63, 3.8) is 0 Å². The minimum Gasteiger partial charge on any atom is -0.376 e. The predicted molar refractivity (Wildman–Crippen MR) is 86.8 cm³/mol. The first-order valence-electron chi connectivity index (χ1n) is 7.94. The van der Waals surface area contributed by atoms with E-state index in [1.807, 2.05) is 0 Å². The van der Waals surface area contributed by atoms with Crippen LogP contribution in [-0.4, -0.2) is 50.7 Å². The molecule has 1 aromatic rings. The van der Waals surface area contributed by atoms with Gasteiger partial charge in [-0.15, -0.1) is 0 Å². The van der Waals surface area contributed by atoms with Crippen molar-refractivity contribution in [2.45, 2.75) is 38.3 Å². The summed E-state index contributed by atoms with van der Waals surface area (Å²) in [5.41, 5.74) is 2.74. The minimum atomic E-state index is 0.602. The highest BCUT2D eigenvalue weighted by molar-refractivity contribution is 5.71. The lowest BCUT2D eigenvalue weighted by Gasteiger charge is -2.49. The third-order valence-electron chi connectivity index (χ3n) is 4.86. The molecule has 0 bridgehead atoms. The average molecular weight is 273 g/mol. The summed E-state index contributed by atoms with van der Waals surface area (Å²) in [5.74, 6) is 0. The van der Waals surface area contributed by atoms with Gasteiger partial charge in [-0.1, -0.05) is 18.6 Å². The molecular formula is C17H27N3. The van der Waals surface area contributed by atoms with Gasteiger partial charge in [-0.05, 0) is 38.4 Å². The fourth-order valence-corrected chi connectivity index (χ4v) is 3.77. The predicted octanol–water partition coefficient (Wildman–Crippen LogP) is 2.82. The number of hydrogen-bond acceptors (Lipinski definition) is 3. The zero-order valence-electron chi connectivity index (χ0n) is 13.0. The van der Waals surface area contributed by atoms with Gasteiger partial charge in [0.2, 0.25) is 0 Å². The molecule has 1 aromatic carbocycles. The number of hydrogen-bond donors (Lipinski definition) is 0. The maximum atomic E-state index is 2.71. The molecule has 2 aliphatic rings. The van der Waals surface area contributed by atoms with Gasteiger partial charge in [-0.3, -0.25) is 4.90 Å². The average Bonchev–Trinajstić information content (AvgIpc) is 2.46. The summed E-state index contributed by atoms with van der Waals surface area (Å²) in [5, 5.41) is 0. The molecule has 3 nitrogen and oxygen atoms in total. The quantitative estimate of drug-likeness (QED) is 0.820. The fourth-order valence-electron chi connectivity index (χ4n) is 3.77. The van der Waals surface area contributed by atoms with Crippen molar-refractivity contribution >= 4 is 11.4 Å². The molecule has 2 unspecified atom stereocenters. The molecule has 20 heavy (non-hydrogen) atoms. The Labute approximate surface area is 123 Å². The van der Waals surface area contributed by atoms with Crippen molar-refractivity contribution < 1.29 is 0 Å². The maximum absolute atomic E-state index is 2.71. The second kappa shape index (κ2) is 5.65. The van der Waals surface area contributed by atoms with Crippen LogP contribution < -0.4 is 9.80 Å². The Kier molecular flexibility index (Phi) is 3.88. The van der Waals surface area contributed by atoms with Crippen molar-refractivity contribution in [3.05, 3.63) is 24.3 Å². The molecule has 2 fully saturated rings. The van der Waals surface area contributed by atoms with E-state index in [-0.39, 0.29) is 0 Å². The van der Waals surface area contributed by atoms with Gasteiger partial charge in [0.15, 0.2) is 0 Å². The lowest BCUT2D eigenvalue weighted by Crippen LogP contribution is -2.59. The van der Waals surface area contributed by atoms with Gasteiger partial charge in [0.25, 0.3) is 0 Å². The topological polar surface area (TPSA) is 9.72 Å². The zero-order chi connectivity index (χ0) is 14.1. The molecule has 110 valence electrons. The normalized spacial score (nSPS) is 27.2. The van der Waals surface area contributed by atoms with Crippen LogP contribution in [0.2, 0.25) is 0 Å². The second-order valence-electron chi connectivity index (χ2n) is 6.53. The Bertz CT molecular complexity index is 457. The Morgan fingerprint density at radius 2 is 1.90 bits per heavy atom. The van der Waals surface area contributed by atoms with Crippen molar-refractivity contribution in [2.75, 3.05) is 43.5 Å². The lowest BCUT2D eigenvalue weighted by molar-refractivity contribution is 0.115. The largest absolute Gasteiger partial charge is 0.376 e. The first-order chi connectivity index (χ1) is 9.66. The smallest absolute Gasteiger partial charge is 0.0607 e. The molecule has 3 rings (SSSR count). The number of rotatable bonds is 2. The first-order valence-corrected chi connectivity index (χ1v) is 7.94. The summed E-state index contributed by atoms with van der Waals surface area (Å²) in [6.45, 7) is 6.08. The lowest BCUT2D eigenvalue weighted by atomic mass is 9.96. The zero-order valence-corrected chi connectivity index (χ0v) is 13.0. The van der Waals surface area contributed by atoms with Crippen molar-refractivity contribution in [3.8, 4) is 0 Å². The molecule has 0 amide bonds. The summed E-state index contributed by atoms with van der Waals surface area (Å²) < 4.78 is 0. The van der Waals surface area contributed by atoms with Crippen LogP contribution in [0.3, 0.4) is 0 Å². The monoisotopic (exact) mass is 273 g/mol. The Morgan fingerprint density at radius 1 is 1.10 bits per heavy atom.